The molecule has 0 saturated carbocycles. The normalized spacial score (nSPS) is 11.9. The maximum absolute atomic E-state index is 11.3. The molecule has 17 heavy (non-hydrogen) atoms. The lowest BCUT2D eigenvalue weighted by atomic mass is 10.3. The number of rotatable bonds is 5. The molecule has 0 bridgehead atoms. The van der Waals surface area contributed by atoms with Crippen molar-refractivity contribution in [2.75, 3.05) is 18.2 Å². The van der Waals surface area contributed by atoms with Crippen LogP contribution in [0.1, 0.15) is 26.1 Å². The zero-order valence-corrected chi connectivity index (χ0v) is 10.4. The molecule has 0 saturated heterocycles. The minimum Gasteiger partial charge on any atom is -0.467 e. The van der Waals surface area contributed by atoms with Gasteiger partial charge in [0, 0.05) is 12.5 Å². The molecule has 3 N–H and O–H groups in total. The highest BCUT2D eigenvalue weighted by molar-refractivity contribution is 5.78. The SMILES string of the molecule is CCCc1nc(N)cc(NC(C)C(=O)OC)n1. The fourth-order valence-electron chi connectivity index (χ4n) is 1.38. The minimum absolute atomic E-state index is 0.348. The Labute approximate surface area is 101 Å². The number of anilines is 2. The van der Waals surface area contributed by atoms with E-state index in [1.54, 1.807) is 13.0 Å². The Morgan fingerprint density at radius 1 is 1.59 bits per heavy atom. The van der Waals surface area contributed by atoms with Crippen molar-refractivity contribution in [3.05, 3.63) is 11.9 Å². The molecule has 1 rings (SSSR count). The molecule has 0 aromatic carbocycles. The molecule has 1 heterocycles. The molecule has 0 aliphatic carbocycles. The number of hydrogen-bond donors (Lipinski definition) is 2. The lowest BCUT2D eigenvalue weighted by Gasteiger charge is -2.13. The summed E-state index contributed by atoms with van der Waals surface area (Å²) in [7, 11) is 1.34. The number of ether oxygens (including phenoxy) is 1. The minimum atomic E-state index is -0.469. The van der Waals surface area contributed by atoms with E-state index >= 15 is 0 Å². The van der Waals surface area contributed by atoms with Crippen molar-refractivity contribution in [1.29, 1.82) is 0 Å². The van der Waals surface area contributed by atoms with E-state index < -0.39 is 6.04 Å². The summed E-state index contributed by atoms with van der Waals surface area (Å²) in [4.78, 5) is 19.6. The number of carbonyl (C=O) groups is 1. The Morgan fingerprint density at radius 2 is 2.29 bits per heavy atom. The predicted octanol–water partition coefficient (Wildman–Crippen LogP) is 0.985. The number of nitrogens with one attached hydrogen (secondary N) is 1. The zero-order valence-electron chi connectivity index (χ0n) is 10.4. The number of aryl methyl sites for hydroxylation is 1. The first-order valence-electron chi connectivity index (χ1n) is 5.54. The van der Waals surface area contributed by atoms with E-state index in [9.17, 15) is 4.79 Å². The highest BCUT2D eigenvalue weighted by Gasteiger charge is 2.13. The first kappa shape index (κ1) is 13.2. The van der Waals surface area contributed by atoms with Gasteiger partial charge in [-0.05, 0) is 13.3 Å². The monoisotopic (exact) mass is 238 g/mol. The Bertz CT molecular complexity index is 395. The number of nitrogens with two attached hydrogens (primary N) is 1. The molecule has 1 aromatic heterocycles. The summed E-state index contributed by atoms with van der Waals surface area (Å²) in [5, 5.41) is 2.93. The summed E-state index contributed by atoms with van der Waals surface area (Å²) in [5.41, 5.74) is 5.67. The second-order valence-electron chi connectivity index (χ2n) is 3.73. The first-order chi connectivity index (χ1) is 8.06. The van der Waals surface area contributed by atoms with Gasteiger partial charge in [-0.1, -0.05) is 6.92 Å². The number of hydrogen-bond acceptors (Lipinski definition) is 6. The van der Waals surface area contributed by atoms with Crippen LogP contribution in [-0.2, 0) is 16.0 Å². The molecule has 1 aromatic rings. The fourth-order valence-corrected chi connectivity index (χ4v) is 1.38. The van der Waals surface area contributed by atoms with Crippen molar-refractivity contribution in [1.82, 2.24) is 9.97 Å². The van der Waals surface area contributed by atoms with E-state index in [1.807, 2.05) is 6.92 Å². The van der Waals surface area contributed by atoms with Gasteiger partial charge in [-0.15, -0.1) is 0 Å². The first-order valence-corrected chi connectivity index (χ1v) is 5.54. The molecule has 0 spiro atoms. The maximum atomic E-state index is 11.3. The lowest BCUT2D eigenvalue weighted by Crippen LogP contribution is -2.27. The molecule has 0 aliphatic heterocycles. The van der Waals surface area contributed by atoms with Crippen LogP contribution in [0.5, 0.6) is 0 Å². The third-order valence-electron chi connectivity index (χ3n) is 2.19. The number of esters is 1. The molecule has 6 nitrogen and oxygen atoms in total. The third-order valence-corrected chi connectivity index (χ3v) is 2.19. The smallest absolute Gasteiger partial charge is 0.328 e. The Kier molecular flexibility index (Phi) is 4.68. The van der Waals surface area contributed by atoms with Gasteiger partial charge in [0.25, 0.3) is 0 Å². The van der Waals surface area contributed by atoms with Gasteiger partial charge in [-0.25, -0.2) is 14.8 Å². The van der Waals surface area contributed by atoms with Crippen LogP contribution in [0.4, 0.5) is 11.6 Å². The molecule has 6 heteroatoms. The molecule has 0 radical (unpaired) electrons. The van der Waals surface area contributed by atoms with Crippen LogP contribution in [-0.4, -0.2) is 29.1 Å². The number of aromatic nitrogens is 2. The van der Waals surface area contributed by atoms with E-state index in [1.165, 1.54) is 7.11 Å². The maximum Gasteiger partial charge on any atom is 0.328 e. The van der Waals surface area contributed by atoms with E-state index in [0.717, 1.165) is 12.8 Å². The summed E-state index contributed by atoms with van der Waals surface area (Å²) < 4.78 is 4.62. The van der Waals surface area contributed by atoms with Crippen molar-refractivity contribution in [3.8, 4) is 0 Å². The summed E-state index contributed by atoms with van der Waals surface area (Å²) in [6, 6.07) is 1.13. The summed E-state index contributed by atoms with van der Waals surface area (Å²) in [5.74, 6) is 1.26. The Hall–Kier alpha value is -1.85. The van der Waals surface area contributed by atoms with Gasteiger partial charge in [0.05, 0.1) is 7.11 Å². The standard InChI is InChI=1S/C11H18N4O2/c1-4-5-9-14-8(12)6-10(15-9)13-7(2)11(16)17-3/h6-7H,4-5H2,1-3H3,(H3,12,13,14,15). The number of nitrogen functional groups attached to an aromatic ring is 1. The van der Waals surface area contributed by atoms with Gasteiger partial charge in [0.15, 0.2) is 0 Å². The van der Waals surface area contributed by atoms with Crippen LogP contribution in [0, 0.1) is 0 Å². The van der Waals surface area contributed by atoms with Crippen LogP contribution in [0.2, 0.25) is 0 Å². The second-order valence-corrected chi connectivity index (χ2v) is 3.73. The van der Waals surface area contributed by atoms with E-state index in [4.69, 9.17) is 5.73 Å². The Morgan fingerprint density at radius 3 is 2.88 bits per heavy atom. The van der Waals surface area contributed by atoms with Gasteiger partial charge >= 0.3 is 5.97 Å². The molecule has 1 unspecified atom stereocenters. The lowest BCUT2D eigenvalue weighted by molar-refractivity contribution is -0.141. The average molecular weight is 238 g/mol. The molecule has 1 atom stereocenters. The van der Waals surface area contributed by atoms with E-state index in [-0.39, 0.29) is 5.97 Å². The molecule has 0 amide bonds. The molecule has 0 aliphatic rings. The van der Waals surface area contributed by atoms with E-state index in [2.05, 4.69) is 20.0 Å². The number of methoxy groups -OCH3 is 1. The number of carbonyl (C=O) groups excluding carboxylic acids is 1. The highest BCUT2D eigenvalue weighted by atomic mass is 16.5. The van der Waals surface area contributed by atoms with Gasteiger partial charge in [0.2, 0.25) is 0 Å². The summed E-state index contributed by atoms with van der Waals surface area (Å²) >= 11 is 0. The van der Waals surface area contributed by atoms with Crippen molar-refractivity contribution >= 4 is 17.6 Å². The van der Waals surface area contributed by atoms with Crippen molar-refractivity contribution in [3.63, 3.8) is 0 Å². The topological polar surface area (TPSA) is 90.1 Å². The average Bonchev–Trinajstić information content (AvgIpc) is 2.27. The molecular weight excluding hydrogens is 220 g/mol. The second kappa shape index (κ2) is 6.03. The molecular formula is C11H18N4O2. The molecule has 94 valence electrons. The summed E-state index contributed by atoms with van der Waals surface area (Å²) in [6.45, 7) is 3.74. The third kappa shape index (κ3) is 3.90. The fraction of sp³-hybridized carbons (Fsp3) is 0.545. The van der Waals surface area contributed by atoms with Crippen molar-refractivity contribution < 1.29 is 9.53 Å². The van der Waals surface area contributed by atoms with Crippen molar-refractivity contribution in [2.24, 2.45) is 0 Å². The van der Waals surface area contributed by atoms with Gasteiger partial charge in [0.1, 0.15) is 23.5 Å². The van der Waals surface area contributed by atoms with Crippen LogP contribution >= 0.6 is 0 Å². The van der Waals surface area contributed by atoms with E-state index in [0.29, 0.717) is 17.5 Å². The van der Waals surface area contributed by atoms with Crippen LogP contribution < -0.4 is 11.1 Å². The highest BCUT2D eigenvalue weighted by Crippen LogP contribution is 2.11. The van der Waals surface area contributed by atoms with Gasteiger partial charge < -0.3 is 15.8 Å². The quantitative estimate of drug-likeness (QED) is 0.743. The van der Waals surface area contributed by atoms with Crippen LogP contribution in [0.25, 0.3) is 0 Å². The number of nitrogens with zero attached hydrogens (tertiary/aromatic N) is 2. The molecule has 0 fully saturated rings. The zero-order chi connectivity index (χ0) is 12.8. The van der Waals surface area contributed by atoms with Gasteiger partial charge in [-0.2, -0.15) is 0 Å². The predicted molar refractivity (Wildman–Crippen MR) is 65.5 cm³/mol. The van der Waals surface area contributed by atoms with Gasteiger partial charge in [-0.3, -0.25) is 0 Å². The van der Waals surface area contributed by atoms with Crippen LogP contribution in [0.3, 0.4) is 0 Å². The van der Waals surface area contributed by atoms with Crippen molar-refractivity contribution in [2.45, 2.75) is 32.7 Å². The summed E-state index contributed by atoms with van der Waals surface area (Å²) in [6.07, 6.45) is 1.70. The Balaban J connectivity index is 2.80. The van der Waals surface area contributed by atoms with Crippen LogP contribution in [0.15, 0.2) is 6.07 Å². The largest absolute Gasteiger partial charge is 0.467 e.